The molecule has 0 atom stereocenters. The number of hydrogen-bond acceptors (Lipinski definition) is 1. The van der Waals surface area contributed by atoms with Crippen molar-refractivity contribution >= 4 is 11.6 Å². The van der Waals surface area contributed by atoms with Crippen molar-refractivity contribution in [2.24, 2.45) is 0 Å². The van der Waals surface area contributed by atoms with Crippen LogP contribution in [0.5, 0.6) is 5.75 Å². The monoisotopic (exact) mass is 274 g/mol. The van der Waals surface area contributed by atoms with Crippen LogP contribution in [0.2, 0.25) is 5.02 Å². The van der Waals surface area contributed by atoms with Gasteiger partial charge in [-0.05, 0) is 34.7 Å². The largest absolute Gasteiger partial charge is 0.496 e. The molecule has 2 heteroatoms. The van der Waals surface area contributed by atoms with Crippen LogP contribution in [0.4, 0.5) is 0 Å². The number of hydrogen-bond donors (Lipinski definition) is 0. The summed E-state index contributed by atoms with van der Waals surface area (Å²) < 4.78 is 5.42. The van der Waals surface area contributed by atoms with Crippen molar-refractivity contribution in [3.05, 3.63) is 53.1 Å². The number of rotatable bonds is 2. The summed E-state index contributed by atoms with van der Waals surface area (Å²) >= 11 is 6.10. The maximum Gasteiger partial charge on any atom is 0.126 e. The van der Waals surface area contributed by atoms with E-state index in [9.17, 15) is 0 Å². The third-order valence-corrected chi connectivity index (χ3v) is 3.44. The first-order valence-electron chi connectivity index (χ1n) is 6.36. The van der Waals surface area contributed by atoms with Gasteiger partial charge in [-0.2, -0.15) is 0 Å². The molecule has 0 aliphatic rings. The molecule has 1 nitrogen and oxygen atoms in total. The molecule has 0 aromatic heterocycles. The van der Waals surface area contributed by atoms with Crippen LogP contribution in [0.3, 0.4) is 0 Å². The molecule has 0 spiro atoms. The average Bonchev–Trinajstić information content (AvgIpc) is 2.38. The molecule has 2 rings (SSSR count). The van der Waals surface area contributed by atoms with E-state index in [0.29, 0.717) is 0 Å². The van der Waals surface area contributed by atoms with Crippen LogP contribution in [-0.4, -0.2) is 7.11 Å². The Bertz CT molecular complexity index is 582. The summed E-state index contributed by atoms with van der Waals surface area (Å²) in [5.41, 5.74) is 3.59. The lowest BCUT2D eigenvalue weighted by Gasteiger charge is -2.20. The maximum absolute atomic E-state index is 6.10. The molecule has 100 valence electrons. The van der Waals surface area contributed by atoms with Gasteiger partial charge < -0.3 is 4.74 Å². The first-order chi connectivity index (χ1) is 8.91. The first-order valence-corrected chi connectivity index (χ1v) is 6.74. The van der Waals surface area contributed by atoms with Gasteiger partial charge in [0, 0.05) is 10.6 Å². The summed E-state index contributed by atoms with van der Waals surface area (Å²) in [6.07, 6.45) is 0. The van der Waals surface area contributed by atoms with Crippen LogP contribution in [0.25, 0.3) is 11.1 Å². The van der Waals surface area contributed by atoms with Crippen LogP contribution in [0, 0.1) is 0 Å². The first kappa shape index (κ1) is 14.0. The minimum absolute atomic E-state index is 0.127. The zero-order chi connectivity index (χ0) is 14.0. The topological polar surface area (TPSA) is 9.23 Å². The average molecular weight is 275 g/mol. The highest BCUT2D eigenvalue weighted by Gasteiger charge is 2.15. The Morgan fingerprint density at radius 3 is 2.37 bits per heavy atom. The summed E-state index contributed by atoms with van der Waals surface area (Å²) in [4.78, 5) is 0. The Balaban J connectivity index is 2.56. The van der Waals surface area contributed by atoms with E-state index in [1.54, 1.807) is 7.11 Å². The van der Waals surface area contributed by atoms with E-state index in [-0.39, 0.29) is 5.41 Å². The minimum atomic E-state index is 0.127. The molecule has 0 aliphatic carbocycles. The second-order valence-corrected chi connectivity index (χ2v) is 6.11. The normalized spacial score (nSPS) is 11.4. The molecule has 2 aromatic rings. The van der Waals surface area contributed by atoms with Crippen molar-refractivity contribution in [1.82, 2.24) is 0 Å². The van der Waals surface area contributed by atoms with E-state index in [4.69, 9.17) is 16.3 Å². The molecule has 0 aliphatic heterocycles. The van der Waals surface area contributed by atoms with Gasteiger partial charge in [-0.3, -0.25) is 0 Å². The Morgan fingerprint density at radius 2 is 1.74 bits per heavy atom. The van der Waals surface area contributed by atoms with Crippen molar-refractivity contribution < 1.29 is 4.74 Å². The molecule has 0 fully saturated rings. The third-order valence-electron chi connectivity index (χ3n) is 3.20. The fourth-order valence-corrected chi connectivity index (χ4v) is 2.23. The Hall–Kier alpha value is -1.47. The van der Waals surface area contributed by atoms with E-state index in [0.717, 1.165) is 21.9 Å². The van der Waals surface area contributed by atoms with Gasteiger partial charge in [0.15, 0.2) is 0 Å². The van der Waals surface area contributed by atoms with Crippen LogP contribution in [-0.2, 0) is 5.41 Å². The molecule has 0 heterocycles. The molecule has 2 aromatic carbocycles. The zero-order valence-corrected chi connectivity index (χ0v) is 12.6. The van der Waals surface area contributed by atoms with Crippen molar-refractivity contribution in [2.45, 2.75) is 26.2 Å². The van der Waals surface area contributed by atoms with Crippen molar-refractivity contribution in [2.75, 3.05) is 7.11 Å². The van der Waals surface area contributed by atoms with Gasteiger partial charge in [-0.15, -0.1) is 0 Å². The predicted molar refractivity (Wildman–Crippen MR) is 82.1 cm³/mol. The number of halogens is 1. The van der Waals surface area contributed by atoms with Gasteiger partial charge in [0.1, 0.15) is 5.75 Å². The summed E-state index contributed by atoms with van der Waals surface area (Å²) in [6.45, 7) is 6.63. The van der Waals surface area contributed by atoms with Gasteiger partial charge in [-0.25, -0.2) is 0 Å². The molecule has 0 unspecified atom stereocenters. The second-order valence-electron chi connectivity index (χ2n) is 5.68. The van der Waals surface area contributed by atoms with E-state index in [2.05, 4.69) is 45.0 Å². The quantitative estimate of drug-likeness (QED) is 0.721. The van der Waals surface area contributed by atoms with Gasteiger partial charge >= 0.3 is 0 Å². The second kappa shape index (κ2) is 5.26. The molecular weight excluding hydrogens is 256 g/mol. The SMILES string of the molecule is COc1ccc(Cl)cc1-c1cccc(C(C)(C)C)c1. The lowest BCUT2D eigenvalue weighted by Crippen LogP contribution is -2.10. The molecule has 0 saturated heterocycles. The maximum atomic E-state index is 6.10. The standard InChI is InChI=1S/C17H19ClO/c1-17(2,3)13-7-5-6-12(10-13)15-11-14(18)8-9-16(15)19-4/h5-11H,1-4H3. The molecule has 0 amide bonds. The summed E-state index contributed by atoms with van der Waals surface area (Å²) in [5.74, 6) is 0.843. The van der Waals surface area contributed by atoms with Crippen LogP contribution in [0.1, 0.15) is 26.3 Å². The zero-order valence-electron chi connectivity index (χ0n) is 11.8. The molecule has 0 N–H and O–H groups in total. The highest BCUT2D eigenvalue weighted by Crippen LogP contribution is 2.34. The van der Waals surface area contributed by atoms with Gasteiger partial charge in [0.25, 0.3) is 0 Å². The van der Waals surface area contributed by atoms with Gasteiger partial charge in [0.05, 0.1) is 7.11 Å². The van der Waals surface area contributed by atoms with E-state index >= 15 is 0 Å². The predicted octanol–water partition coefficient (Wildman–Crippen LogP) is 5.31. The van der Waals surface area contributed by atoms with Crippen molar-refractivity contribution in [3.8, 4) is 16.9 Å². The van der Waals surface area contributed by atoms with E-state index < -0.39 is 0 Å². The van der Waals surface area contributed by atoms with Crippen LogP contribution >= 0.6 is 11.6 Å². The fraction of sp³-hybridized carbons (Fsp3) is 0.294. The van der Waals surface area contributed by atoms with E-state index in [1.165, 1.54) is 5.56 Å². The Labute approximate surface area is 120 Å². The number of ether oxygens (including phenoxy) is 1. The fourth-order valence-electron chi connectivity index (χ4n) is 2.06. The van der Waals surface area contributed by atoms with Gasteiger partial charge in [0.2, 0.25) is 0 Å². The highest BCUT2D eigenvalue weighted by molar-refractivity contribution is 6.31. The molecule has 0 saturated carbocycles. The Kier molecular flexibility index (Phi) is 3.86. The lowest BCUT2D eigenvalue weighted by atomic mass is 9.85. The summed E-state index contributed by atoms with van der Waals surface area (Å²) in [7, 11) is 1.68. The van der Waals surface area contributed by atoms with Crippen molar-refractivity contribution in [1.29, 1.82) is 0 Å². The molecule has 0 radical (unpaired) electrons. The van der Waals surface area contributed by atoms with E-state index in [1.807, 2.05) is 18.2 Å². The summed E-state index contributed by atoms with van der Waals surface area (Å²) in [5, 5.41) is 0.719. The molecule has 19 heavy (non-hydrogen) atoms. The number of benzene rings is 2. The highest BCUT2D eigenvalue weighted by atomic mass is 35.5. The Morgan fingerprint density at radius 1 is 1.00 bits per heavy atom. The number of methoxy groups -OCH3 is 1. The molecular formula is C17H19ClO. The third kappa shape index (κ3) is 3.10. The lowest BCUT2D eigenvalue weighted by molar-refractivity contribution is 0.416. The van der Waals surface area contributed by atoms with Crippen molar-refractivity contribution in [3.63, 3.8) is 0 Å². The van der Waals surface area contributed by atoms with Crippen LogP contribution < -0.4 is 4.74 Å². The minimum Gasteiger partial charge on any atom is -0.496 e. The smallest absolute Gasteiger partial charge is 0.126 e. The van der Waals surface area contributed by atoms with Gasteiger partial charge in [-0.1, -0.05) is 56.6 Å². The molecule has 0 bridgehead atoms. The van der Waals surface area contributed by atoms with Crippen LogP contribution in [0.15, 0.2) is 42.5 Å². The summed E-state index contributed by atoms with van der Waals surface area (Å²) in [6, 6.07) is 14.2.